The topological polar surface area (TPSA) is 72.7 Å². The van der Waals surface area contributed by atoms with Crippen LogP contribution in [0, 0.1) is 5.92 Å². The molecule has 1 saturated carbocycles. The van der Waals surface area contributed by atoms with Crippen LogP contribution < -0.4 is 5.32 Å². The summed E-state index contributed by atoms with van der Waals surface area (Å²) in [5.41, 5.74) is -0.854. The molecule has 1 aliphatic carbocycles. The summed E-state index contributed by atoms with van der Waals surface area (Å²) in [6.45, 7) is 0.0578. The van der Waals surface area contributed by atoms with Crippen molar-refractivity contribution in [2.75, 3.05) is 6.54 Å². The molecule has 2 rings (SSSR count). The molecule has 1 unspecified atom stereocenters. The zero-order valence-electron chi connectivity index (χ0n) is 8.41. The van der Waals surface area contributed by atoms with Crippen LogP contribution in [0.3, 0.4) is 0 Å². The van der Waals surface area contributed by atoms with Crippen LogP contribution in [0.25, 0.3) is 0 Å². The van der Waals surface area contributed by atoms with E-state index < -0.39 is 35.9 Å². The van der Waals surface area contributed by atoms with Gasteiger partial charge in [0, 0.05) is 18.0 Å². The van der Waals surface area contributed by atoms with Gasteiger partial charge in [0.15, 0.2) is 6.10 Å². The van der Waals surface area contributed by atoms with Crippen LogP contribution in [-0.2, 0) is 0 Å². The van der Waals surface area contributed by atoms with Crippen molar-refractivity contribution in [1.82, 2.24) is 5.32 Å². The van der Waals surface area contributed by atoms with Crippen LogP contribution in [0.1, 0.15) is 12.8 Å². The molecule has 1 aliphatic heterocycles. The number of alkyl halides is 3. The van der Waals surface area contributed by atoms with Gasteiger partial charge in [-0.2, -0.15) is 13.2 Å². The quantitative estimate of drug-likeness (QED) is 0.494. The maximum Gasteiger partial charge on any atom is 0.414 e. The van der Waals surface area contributed by atoms with Crippen molar-refractivity contribution in [2.45, 2.75) is 42.9 Å². The first-order valence-corrected chi connectivity index (χ1v) is 5.14. The van der Waals surface area contributed by atoms with Crippen molar-refractivity contribution >= 4 is 0 Å². The van der Waals surface area contributed by atoms with Crippen molar-refractivity contribution in [3.8, 4) is 0 Å². The third-order valence-corrected chi connectivity index (χ3v) is 3.53. The third kappa shape index (κ3) is 1.81. The highest BCUT2D eigenvalue weighted by atomic mass is 19.4. The zero-order chi connectivity index (χ0) is 12.1. The van der Waals surface area contributed by atoms with E-state index in [1.165, 1.54) is 0 Å². The summed E-state index contributed by atoms with van der Waals surface area (Å²) in [6, 6.07) is 0. The van der Waals surface area contributed by atoms with Gasteiger partial charge in [-0.05, 0) is 12.8 Å². The summed E-state index contributed by atoms with van der Waals surface area (Å²) >= 11 is 0. The van der Waals surface area contributed by atoms with Gasteiger partial charge < -0.3 is 20.6 Å². The Bertz CT molecular complexity index is 280. The smallest absolute Gasteiger partial charge is 0.390 e. The molecule has 7 heteroatoms. The molecule has 2 aliphatic rings. The summed E-state index contributed by atoms with van der Waals surface area (Å²) in [6.07, 6.45) is -9.23. The minimum Gasteiger partial charge on any atom is -0.390 e. The van der Waals surface area contributed by atoms with Crippen molar-refractivity contribution in [1.29, 1.82) is 0 Å². The largest absolute Gasteiger partial charge is 0.414 e. The molecule has 1 saturated heterocycles. The van der Waals surface area contributed by atoms with Gasteiger partial charge in [0.25, 0.3) is 0 Å². The lowest BCUT2D eigenvalue weighted by Crippen LogP contribution is -2.63. The Balaban J connectivity index is 2.21. The Kier molecular flexibility index (Phi) is 2.69. The van der Waals surface area contributed by atoms with E-state index in [4.69, 9.17) is 0 Å². The second kappa shape index (κ2) is 3.56. The number of hydrogen-bond acceptors (Lipinski definition) is 4. The van der Waals surface area contributed by atoms with Crippen molar-refractivity contribution < 1.29 is 28.5 Å². The molecular weight excluding hydrogens is 227 g/mol. The number of halogens is 3. The number of piperidine rings is 1. The van der Waals surface area contributed by atoms with E-state index in [1.54, 1.807) is 0 Å². The van der Waals surface area contributed by atoms with Gasteiger partial charge in [0.05, 0.1) is 12.2 Å². The first-order chi connectivity index (χ1) is 7.28. The standard InChI is InChI=1S/C9H14F3NO3/c10-9(11,12)7(16)5-6(15)4(14)3-13-8(5)1-2-8/h4-7,13-16H,1-3H2/t4-,5?,6+,7+/m1/s1. The minimum absolute atomic E-state index is 0.0578. The van der Waals surface area contributed by atoms with Gasteiger partial charge in [-0.3, -0.25) is 0 Å². The number of nitrogens with one attached hydrogen (secondary N) is 1. The van der Waals surface area contributed by atoms with E-state index in [0.717, 1.165) is 0 Å². The molecular formula is C9H14F3NO3. The molecule has 0 amide bonds. The highest BCUT2D eigenvalue weighted by Crippen LogP contribution is 2.50. The number of β-amino-alcohol motifs (C(OH)–C–C–N with tert-alkyl or cyclic N) is 1. The lowest BCUT2D eigenvalue weighted by molar-refractivity contribution is -0.243. The SMILES string of the molecule is O[C@@H]1CNC2(CC2)C([C@H](O)C(F)(F)F)[C@H]1O. The fraction of sp³-hybridized carbons (Fsp3) is 1.00. The summed E-state index contributed by atoms with van der Waals surface area (Å²) in [5, 5.41) is 30.9. The fourth-order valence-corrected chi connectivity index (χ4v) is 2.45. The van der Waals surface area contributed by atoms with Crippen molar-refractivity contribution in [3.63, 3.8) is 0 Å². The molecule has 2 fully saturated rings. The molecule has 0 radical (unpaired) electrons. The highest BCUT2D eigenvalue weighted by molar-refractivity contribution is 5.15. The molecule has 16 heavy (non-hydrogen) atoms. The van der Waals surface area contributed by atoms with Crippen LogP contribution in [0.2, 0.25) is 0 Å². The van der Waals surface area contributed by atoms with Crippen LogP contribution in [0.4, 0.5) is 13.2 Å². The Morgan fingerprint density at radius 1 is 1.25 bits per heavy atom. The number of aliphatic hydroxyl groups is 3. The molecule has 0 aromatic rings. The minimum atomic E-state index is -4.78. The molecule has 1 heterocycles. The summed E-state index contributed by atoms with van der Waals surface area (Å²) in [5.74, 6) is -1.39. The van der Waals surface area contributed by atoms with Gasteiger partial charge in [-0.15, -0.1) is 0 Å². The maximum atomic E-state index is 12.4. The van der Waals surface area contributed by atoms with Gasteiger partial charge >= 0.3 is 6.18 Å². The fourth-order valence-electron chi connectivity index (χ4n) is 2.45. The molecule has 4 nitrogen and oxygen atoms in total. The van der Waals surface area contributed by atoms with E-state index >= 15 is 0 Å². The zero-order valence-corrected chi connectivity index (χ0v) is 8.41. The van der Waals surface area contributed by atoms with E-state index in [0.29, 0.717) is 12.8 Å². The predicted molar refractivity (Wildman–Crippen MR) is 47.5 cm³/mol. The van der Waals surface area contributed by atoms with E-state index in [9.17, 15) is 28.5 Å². The lowest BCUT2D eigenvalue weighted by Gasteiger charge is -2.42. The third-order valence-electron chi connectivity index (χ3n) is 3.53. The second-order valence-electron chi connectivity index (χ2n) is 4.61. The van der Waals surface area contributed by atoms with Crippen LogP contribution >= 0.6 is 0 Å². The molecule has 0 bridgehead atoms. The number of hydrogen-bond donors (Lipinski definition) is 4. The van der Waals surface area contributed by atoms with Gasteiger partial charge in [-0.1, -0.05) is 0 Å². The van der Waals surface area contributed by atoms with Gasteiger partial charge in [0.1, 0.15) is 0 Å². The highest BCUT2D eigenvalue weighted by Gasteiger charge is 2.63. The summed E-state index contributed by atoms with van der Waals surface area (Å²) < 4.78 is 37.3. The van der Waals surface area contributed by atoms with Crippen molar-refractivity contribution in [3.05, 3.63) is 0 Å². The van der Waals surface area contributed by atoms with Gasteiger partial charge in [-0.25, -0.2) is 0 Å². The predicted octanol–water partition coefficient (Wildman–Crippen LogP) is -0.617. The molecule has 0 aromatic carbocycles. The molecule has 1 spiro atoms. The van der Waals surface area contributed by atoms with Crippen LogP contribution in [0.5, 0.6) is 0 Å². The first-order valence-electron chi connectivity index (χ1n) is 5.14. The first kappa shape index (κ1) is 12.1. The Morgan fingerprint density at radius 3 is 2.25 bits per heavy atom. The number of aliphatic hydroxyl groups excluding tert-OH is 3. The van der Waals surface area contributed by atoms with Crippen LogP contribution in [-0.4, -0.2) is 51.9 Å². The van der Waals surface area contributed by atoms with Crippen LogP contribution in [0.15, 0.2) is 0 Å². The maximum absolute atomic E-state index is 12.4. The van der Waals surface area contributed by atoms with E-state index in [1.807, 2.05) is 0 Å². The molecule has 4 atom stereocenters. The second-order valence-corrected chi connectivity index (χ2v) is 4.61. The monoisotopic (exact) mass is 241 g/mol. The Morgan fingerprint density at radius 2 is 1.81 bits per heavy atom. The Labute approximate surface area is 90.1 Å². The molecule has 0 aromatic heterocycles. The summed E-state index contributed by atoms with van der Waals surface area (Å²) in [7, 11) is 0. The van der Waals surface area contributed by atoms with E-state index in [2.05, 4.69) is 5.32 Å². The average molecular weight is 241 g/mol. The van der Waals surface area contributed by atoms with E-state index in [-0.39, 0.29) is 6.54 Å². The normalized spacial score (nSPS) is 39.8. The Hall–Kier alpha value is -0.370. The summed E-state index contributed by atoms with van der Waals surface area (Å²) in [4.78, 5) is 0. The number of rotatable bonds is 1. The molecule has 4 N–H and O–H groups in total. The van der Waals surface area contributed by atoms with Gasteiger partial charge in [0.2, 0.25) is 0 Å². The average Bonchev–Trinajstić information content (AvgIpc) is 2.92. The lowest BCUT2D eigenvalue weighted by atomic mass is 9.80. The van der Waals surface area contributed by atoms with Crippen molar-refractivity contribution in [2.24, 2.45) is 5.92 Å². The molecule has 94 valence electrons.